The van der Waals surface area contributed by atoms with E-state index >= 15 is 0 Å². The second kappa shape index (κ2) is 11.4. The van der Waals surface area contributed by atoms with Gasteiger partial charge < -0.3 is 8.98 Å². The number of nitrogens with zero attached hydrogens (tertiary/aromatic N) is 4. The molecule has 3 heterocycles. The van der Waals surface area contributed by atoms with Gasteiger partial charge in [-0.2, -0.15) is 0 Å². The number of furan rings is 1. The summed E-state index contributed by atoms with van der Waals surface area (Å²) < 4.78 is 243. The molecule has 3 aromatic heterocycles. The van der Waals surface area contributed by atoms with E-state index in [4.69, 9.17) is 33.2 Å². The molecule has 10 aromatic rings. The molecule has 7 aromatic carbocycles. The van der Waals surface area contributed by atoms with Gasteiger partial charge in [-0.1, -0.05) is 127 Å². The van der Waals surface area contributed by atoms with Crippen LogP contribution in [-0.2, 0) is 0 Å². The van der Waals surface area contributed by atoms with E-state index in [1.807, 2.05) is 0 Å². The minimum atomic E-state index is -1.01. The predicted octanol–water partition coefficient (Wildman–Crippen LogP) is 11.5. The van der Waals surface area contributed by atoms with Gasteiger partial charge in [-0.05, 0) is 53.4 Å². The first-order chi connectivity index (χ1) is 36.0. The molecule has 0 aliphatic carbocycles. The SMILES string of the molecule is [2H]c1c(-c2nc(-c3c([2H])c([2H])c(-c4c([2H])c([2H])c([2H])c([2H])c4[2H])c([2H])c3[2H])nc(-c3c([2H])c([2H])c4c(oc5c([2H])c([2H])c([2H])c([2H])c54)c3[2H])n2)cc(-n2c3c([2H])c([2H])c([2H])c([2H])c3c3c([2H])c([2H])c([2H])c([2H])c32)c([2H])c1[2H]. The van der Waals surface area contributed by atoms with E-state index in [9.17, 15) is 8.22 Å². The van der Waals surface area contributed by atoms with Crippen LogP contribution in [0.3, 0.4) is 0 Å². The monoisotopic (exact) mass is 667 g/mol. The van der Waals surface area contributed by atoms with Crippen LogP contribution in [0.15, 0.2) is 174 Å². The summed E-state index contributed by atoms with van der Waals surface area (Å²) in [6, 6.07) is -21.6. The summed E-state index contributed by atoms with van der Waals surface area (Å²) in [5.74, 6) is -2.45. The van der Waals surface area contributed by atoms with E-state index in [-0.39, 0.29) is 5.39 Å². The normalized spacial score (nSPS) is 19.2. The van der Waals surface area contributed by atoms with Gasteiger partial charge in [0.15, 0.2) is 17.5 Å². The molecule has 0 amide bonds. The third kappa shape index (κ3) is 4.67. The van der Waals surface area contributed by atoms with Gasteiger partial charge in [-0.25, -0.2) is 15.0 Å². The molecular weight excluding hydrogens is 613 g/mol. The second-order valence-corrected chi connectivity index (χ2v) is 10.4. The lowest BCUT2D eigenvalue weighted by Gasteiger charge is -2.12. The first-order valence-corrected chi connectivity index (χ1v) is 14.5. The van der Waals surface area contributed by atoms with E-state index in [1.165, 1.54) is 0 Å². The van der Waals surface area contributed by atoms with Gasteiger partial charge >= 0.3 is 0 Å². The quantitative estimate of drug-likeness (QED) is 0.183. The third-order valence-corrected chi connectivity index (χ3v) is 7.53. The van der Waals surface area contributed by atoms with Crippen molar-refractivity contribution in [1.29, 1.82) is 0 Å². The molecule has 0 saturated carbocycles. The zero-order valence-electron chi connectivity index (χ0n) is 51.8. The van der Waals surface area contributed by atoms with Crippen LogP contribution < -0.4 is 0 Å². The number of aromatic nitrogens is 4. The molecule has 50 heavy (non-hydrogen) atoms. The fraction of sp³-hybridized carbons (Fsp3) is 0. The van der Waals surface area contributed by atoms with Gasteiger partial charge in [0.05, 0.1) is 48.0 Å². The highest BCUT2D eigenvalue weighted by atomic mass is 16.3. The van der Waals surface area contributed by atoms with E-state index in [0.29, 0.717) is 0 Å². The number of fused-ring (bicyclic) bond motifs is 6. The minimum absolute atomic E-state index is 0.353. The molecule has 0 bridgehead atoms. The topological polar surface area (TPSA) is 56.7 Å². The number of benzene rings is 7. The average Bonchev–Trinajstić information content (AvgIpc) is 4.04. The largest absolute Gasteiger partial charge is 0.456 e. The lowest BCUT2D eigenvalue weighted by atomic mass is 10.0. The van der Waals surface area contributed by atoms with Crippen molar-refractivity contribution in [3.05, 3.63) is 169 Å². The molecule has 10 rings (SSSR count). The van der Waals surface area contributed by atoms with Crippen LogP contribution in [-0.4, -0.2) is 19.5 Å². The second-order valence-electron chi connectivity index (χ2n) is 10.4. The van der Waals surface area contributed by atoms with Crippen LogP contribution in [0.1, 0.15) is 37.0 Å². The first kappa shape index (κ1) is 12.2. The van der Waals surface area contributed by atoms with Crippen LogP contribution in [0.5, 0.6) is 0 Å². The summed E-state index contributed by atoms with van der Waals surface area (Å²) >= 11 is 0. The zero-order valence-corrected chi connectivity index (χ0v) is 24.8. The lowest BCUT2D eigenvalue weighted by molar-refractivity contribution is 0.669. The maximum atomic E-state index is 9.39. The van der Waals surface area contributed by atoms with Gasteiger partial charge in [0.2, 0.25) is 0 Å². The molecule has 0 atom stereocenters. The highest BCUT2D eigenvalue weighted by Gasteiger charge is 2.17. The Labute approximate surface area is 325 Å². The molecule has 5 heteroatoms. The number of hydrogen-bond acceptors (Lipinski definition) is 4. The Morgan fingerprint density at radius 1 is 0.400 bits per heavy atom. The van der Waals surface area contributed by atoms with E-state index in [1.54, 1.807) is 0 Å². The summed E-state index contributed by atoms with van der Waals surface area (Å²) in [4.78, 5) is 13.2. The van der Waals surface area contributed by atoms with Crippen molar-refractivity contribution in [3.63, 3.8) is 0 Å². The Balaban J connectivity index is 1.35. The maximum Gasteiger partial charge on any atom is 0.164 e. The highest BCUT2D eigenvalue weighted by molar-refractivity contribution is 6.09. The third-order valence-electron chi connectivity index (χ3n) is 7.53. The molecule has 0 unspecified atom stereocenters. The van der Waals surface area contributed by atoms with Crippen molar-refractivity contribution in [2.24, 2.45) is 0 Å². The Morgan fingerprint density at radius 3 is 1.66 bits per heavy atom. The molecule has 5 nitrogen and oxygen atoms in total. The summed E-state index contributed by atoms with van der Waals surface area (Å²) in [6.45, 7) is 0. The van der Waals surface area contributed by atoms with Crippen molar-refractivity contribution in [1.82, 2.24) is 19.5 Å². The van der Waals surface area contributed by atoms with Gasteiger partial charge in [-0.15, -0.1) is 0 Å². The smallest absolute Gasteiger partial charge is 0.164 e. The molecular formula is C45H28N4O. The summed E-state index contributed by atoms with van der Waals surface area (Å²) in [5, 5.41) is -1.57. The number of hydrogen-bond donors (Lipinski definition) is 0. The molecule has 0 aliphatic rings. The van der Waals surface area contributed by atoms with Crippen LogP contribution in [0.2, 0.25) is 0 Å². The molecule has 0 spiro atoms. The molecule has 234 valence electrons. The van der Waals surface area contributed by atoms with E-state index < -0.39 is 252 Å². The van der Waals surface area contributed by atoms with Gasteiger partial charge in [0, 0.05) is 43.9 Å². The molecule has 0 saturated heterocycles. The Hall–Kier alpha value is -6.85. The van der Waals surface area contributed by atoms with Gasteiger partial charge in [0.25, 0.3) is 0 Å². The van der Waals surface area contributed by atoms with Gasteiger partial charge in [-0.3, -0.25) is 0 Å². The molecule has 0 fully saturated rings. The van der Waals surface area contributed by atoms with Crippen LogP contribution in [0.4, 0.5) is 0 Å². The highest BCUT2D eigenvalue weighted by Crippen LogP contribution is 2.35. The standard InChI is InChI=1S/C45H28N4O/c1-2-11-29(12-3-1)30-21-23-31(24-22-30)43-46-44(48-45(47-43)33-25-26-38-37-17-6-9-20-41(37)50-42(38)28-33)32-13-10-14-34(27-32)49-39-18-7-4-15-35(39)36-16-5-8-19-40(36)49/h1-28H/i1D,2D,3D,4D,5D,6D,7D,8D,9D,10D,11D,12D,13D,14D,15D,16D,17D,18D,19D,20D,21D,22D,23D,24D,25D,26D,28D. The summed E-state index contributed by atoms with van der Waals surface area (Å²) in [5.41, 5.74) is -6.18. The van der Waals surface area contributed by atoms with Crippen molar-refractivity contribution >= 4 is 43.7 Å². The fourth-order valence-electron chi connectivity index (χ4n) is 5.33. The fourth-order valence-corrected chi connectivity index (χ4v) is 5.33. The van der Waals surface area contributed by atoms with Gasteiger partial charge in [0.1, 0.15) is 11.2 Å². The zero-order chi connectivity index (χ0) is 56.5. The molecule has 0 aliphatic heterocycles. The Kier molecular flexibility index (Phi) is 2.79. The number of para-hydroxylation sites is 3. The predicted molar refractivity (Wildman–Crippen MR) is 203 cm³/mol. The maximum absolute atomic E-state index is 9.39. The molecule has 0 radical (unpaired) electrons. The first-order valence-electron chi connectivity index (χ1n) is 28.0. The lowest BCUT2D eigenvalue weighted by Crippen LogP contribution is -2.01. The Bertz CT molecular complexity index is 4300. The van der Waals surface area contributed by atoms with Crippen molar-refractivity contribution in [3.8, 4) is 51.0 Å². The van der Waals surface area contributed by atoms with Crippen LogP contribution >= 0.6 is 0 Å². The van der Waals surface area contributed by atoms with Crippen molar-refractivity contribution in [2.45, 2.75) is 0 Å². The van der Waals surface area contributed by atoms with Crippen molar-refractivity contribution in [2.75, 3.05) is 0 Å². The van der Waals surface area contributed by atoms with Crippen molar-refractivity contribution < 1.29 is 41.4 Å². The number of rotatable bonds is 5. The average molecular weight is 668 g/mol. The van der Waals surface area contributed by atoms with Crippen LogP contribution in [0.25, 0.3) is 94.7 Å². The van der Waals surface area contributed by atoms with E-state index in [0.717, 1.165) is 10.6 Å². The minimum Gasteiger partial charge on any atom is -0.456 e. The molecule has 0 N–H and O–H groups in total. The summed E-state index contributed by atoms with van der Waals surface area (Å²) in [7, 11) is 0. The van der Waals surface area contributed by atoms with Crippen LogP contribution in [0, 0.1) is 0 Å². The summed E-state index contributed by atoms with van der Waals surface area (Å²) in [6.07, 6.45) is 0. The van der Waals surface area contributed by atoms with E-state index in [2.05, 4.69) is 15.0 Å². The Morgan fingerprint density at radius 2 is 0.920 bits per heavy atom.